The van der Waals surface area contributed by atoms with Crippen LogP contribution in [0.2, 0.25) is 0 Å². The molecular formula is C55H91N5O. The smallest absolute Gasteiger partial charge is 0.0824 e. The Morgan fingerprint density at radius 2 is 1.33 bits per heavy atom. The van der Waals surface area contributed by atoms with Gasteiger partial charge < -0.3 is 16.0 Å². The highest BCUT2D eigenvalue weighted by molar-refractivity contribution is 5.28. The van der Waals surface area contributed by atoms with Gasteiger partial charge in [0.25, 0.3) is 0 Å². The van der Waals surface area contributed by atoms with E-state index in [9.17, 15) is 0 Å². The van der Waals surface area contributed by atoms with Crippen LogP contribution < -0.4 is 16.0 Å². The molecule has 7 aliphatic carbocycles. The van der Waals surface area contributed by atoms with Crippen molar-refractivity contribution in [3.8, 4) is 0 Å². The van der Waals surface area contributed by atoms with E-state index in [-0.39, 0.29) is 0 Å². The Balaban J connectivity index is 0.735. The average Bonchev–Trinajstić information content (AvgIpc) is 3.87. The molecule has 6 nitrogen and oxygen atoms in total. The molecule has 15 atom stereocenters. The Morgan fingerprint density at radius 1 is 0.639 bits per heavy atom. The van der Waals surface area contributed by atoms with Crippen molar-refractivity contribution in [2.75, 3.05) is 13.1 Å². The van der Waals surface area contributed by atoms with Crippen LogP contribution in [0.4, 0.5) is 0 Å². The molecule has 3 N–H and O–H groups in total. The maximum absolute atomic E-state index is 7.49. The van der Waals surface area contributed by atoms with Gasteiger partial charge in [-0.1, -0.05) is 51.5 Å². The van der Waals surface area contributed by atoms with Gasteiger partial charge in [0, 0.05) is 66.6 Å². The van der Waals surface area contributed by atoms with Crippen LogP contribution in [0.3, 0.4) is 0 Å². The van der Waals surface area contributed by atoms with E-state index in [1.165, 1.54) is 199 Å². The number of allylic oxidation sites excluding steroid dienone is 2. The third kappa shape index (κ3) is 7.05. The van der Waals surface area contributed by atoms with E-state index >= 15 is 0 Å². The molecule has 7 saturated carbocycles. The number of nitrogens with one attached hydrogen (secondary N) is 3. The molecule has 12 rings (SSSR count). The molecule has 342 valence electrons. The number of piperazine rings is 1. The van der Waals surface area contributed by atoms with Crippen LogP contribution in [-0.2, 0) is 4.84 Å². The van der Waals surface area contributed by atoms with Crippen molar-refractivity contribution in [2.45, 2.75) is 261 Å². The molecule has 0 aromatic heterocycles. The summed E-state index contributed by atoms with van der Waals surface area (Å²) in [5, 5.41) is 15.0. The number of hydrogen-bond donors (Lipinski definition) is 3. The highest BCUT2D eigenvalue weighted by Gasteiger charge is 2.63. The maximum Gasteiger partial charge on any atom is 0.0824 e. The fourth-order valence-corrected chi connectivity index (χ4v) is 20.0. The van der Waals surface area contributed by atoms with Gasteiger partial charge in [-0.2, -0.15) is 5.06 Å². The first kappa shape index (κ1) is 41.7. The van der Waals surface area contributed by atoms with Gasteiger partial charge in [-0.25, -0.2) is 0 Å². The lowest BCUT2D eigenvalue weighted by Gasteiger charge is -2.59. The number of hydrogen-bond acceptors (Lipinski definition) is 6. The molecule has 12 aliphatic rings. The zero-order chi connectivity index (χ0) is 40.9. The summed E-state index contributed by atoms with van der Waals surface area (Å²) in [7, 11) is 0. The van der Waals surface area contributed by atoms with Gasteiger partial charge in [0.1, 0.15) is 0 Å². The molecule has 0 aromatic carbocycles. The normalized spacial score (nSPS) is 52.7. The molecule has 0 radical (unpaired) electrons. The Kier molecular flexibility index (Phi) is 11.6. The summed E-state index contributed by atoms with van der Waals surface area (Å²) in [6.07, 6.45) is 42.3. The SMILES string of the molecule is CCCC1CC(C)=C2CCC3(CC(C4CCC(N5OC6CCCCC6C6C7C8CCCCC8N(C8CCC(C9CCC%10NCCNC%10C9)CC8)C7CCC65)CC4)CCC13C)N2. The highest BCUT2D eigenvalue weighted by Crippen LogP contribution is 2.63. The summed E-state index contributed by atoms with van der Waals surface area (Å²) in [6.45, 7) is 9.99. The first-order valence-corrected chi connectivity index (χ1v) is 28.1. The van der Waals surface area contributed by atoms with Crippen LogP contribution in [0.5, 0.6) is 0 Å². The van der Waals surface area contributed by atoms with Crippen molar-refractivity contribution < 1.29 is 4.84 Å². The first-order chi connectivity index (χ1) is 29.9. The van der Waals surface area contributed by atoms with Crippen LogP contribution in [0.1, 0.15) is 207 Å². The molecule has 1 spiro atoms. The predicted molar refractivity (Wildman–Crippen MR) is 249 cm³/mol. The van der Waals surface area contributed by atoms with Crippen LogP contribution in [0.15, 0.2) is 11.3 Å². The standard InChI is InChI=1S/C55H91N5O/c1-4-9-40-32-35(2)45-27-29-55(58-45)34-39(26-28-54(40,55)3)37-16-21-42(22-17-37)60-50-25-24-49-52(53(50)44-11-6-8-13-51(44)61-60)43-10-5-7-12-48(43)59(49)41-19-14-36(15-20-41)38-18-23-46-47(33-38)57-31-30-56-46/h36-44,46-53,56-58H,4-34H2,1-3H3. The Hall–Kier alpha value is -0.660. The predicted octanol–water partition coefficient (Wildman–Crippen LogP) is 11.3. The van der Waals surface area contributed by atoms with E-state index < -0.39 is 0 Å². The molecule has 4 saturated heterocycles. The number of nitrogens with zero attached hydrogens (tertiary/aromatic N) is 2. The van der Waals surface area contributed by atoms with Crippen molar-refractivity contribution >= 4 is 0 Å². The second-order valence-electron chi connectivity index (χ2n) is 25.2. The van der Waals surface area contributed by atoms with Crippen LogP contribution in [-0.4, -0.2) is 77.0 Å². The number of fused-ring (bicyclic) bond motifs is 9. The topological polar surface area (TPSA) is 51.8 Å². The van der Waals surface area contributed by atoms with Gasteiger partial charge in [-0.15, -0.1) is 0 Å². The molecule has 11 fully saturated rings. The third-order valence-corrected chi connectivity index (χ3v) is 22.9. The fourth-order valence-electron chi connectivity index (χ4n) is 20.0. The summed E-state index contributed by atoms with van der Waals surface area (Å²) >= 11 is 0. The van der Waals surface area contributed by atoms with Gasteiger partial charge in [0.05, 0.1) is 6.10 Å². The lowest BCUT2D eigenvalue weighted by Crippen LogP contribution is -2.64. The molecule has 6 heteroatoms. The molecule has 5 aliphatic heterocycles. The third-order valence-electron chi connectivity index (χ3n) is 22.9. The summed E-state index contributed by atoms with van der Waals surface area (Å²) in [4.78, 5) is 10.8. The van der Waals surface area contributed by atoms with E-state index in [1.54, 1.807) is 11.3 Å². The summed E-state index contributed by atoms with van der Waals surface area (Å²) in [5.74, 6) is 8.26. The van der Waals surface area contributed by atoms with Crippen molar-refractivity contribution in [2.24, 2.45) is 58.7 Å². The van der Waals surface area contributed by atoms with Crippen LogP contribution in [0.25, 0.3) is 0 Å². The minimum atomic E-state index is 0.354. The van der Waals surface area contributed by atoms with E-state index in [0.29, 0.717) is 29.1 Å². The molecule has 15 unspecified atom stereocenters. The molecule has 0 amide bonds. The first-order valence-electron chi connectivity index (χ1n) is 28.1. The minimum absolute atomic E-state index is 0.354. The van der Waals surface area contributed by atoms with E-state index in [4.69, 9.17) is 4.84 Å². The summed E-state index contributed by atoms with van der Waals surface area (Å²) in [6, 6.07) is 5.45. The number of likely N-dealkylation sites (tertiary alicyclic amines) is 1. The Bertz CT molecular complexity index is 1580. The quantitative estimate of drug-likeness (QED) is 0.248. The zero-order valence-corrected chi connectivity index (χ0v) is 39.5. The largest absolute Gasteiger partial charge is 0.382 e. The number of hydroxylamine groups is 2. The molecule has 2 bridgehead atoms. The Labute approximate surface area is 373 Å². The second kappa shape index (κ2) is 16.9. The zero-order valence-electron chi connectivity index (χ0n) is 39.5. The van der Waals surface area contributed by atoms with Crippen molar-refractivity contribution in [1.29, 1.82) is 0 Å². The average molecular weight is 838 g/mol. The van der Waals surface area contributed by atoms with E-state index in [2.05, 4.69) is 46.7 Å². The number of rotatable bonds is 6. The van der Waals surface area contributed by atoms with Crippen molar-refractivity contribution in [1.82, 2.24) is 25.9 Å². The maximum atomic E-state index is 7.49. The second-order valence-corrected chi connectivity index (χ2v) is 25.2. The van der Waals surface area contributed by atoms with Gasteiger partial charge in [0.2, 0.25) is 0 Å². The molecular weight excluding hydrogens is 747 g/mol. The van der Waals surface area contributed by atoms with Gasteiger partial charge in [0.15, 0.2) is 0 Å². The van der Waals surface area contributed by atoms with Crippen molar-refractivity contribution in [3.05, 3.63) is 11.3 Å². The van der Waals surface area contributed by atoms with Gasteiger partial charge in [-0.05, 0) is 220 Å². The lowest BCUT2D eigenvalue weighted by atomic mass is 9.50. The lowest BCUT2D eigenvalue weighted by molar-refractivity contribution is -0.326. The molecule has 5 heterocycles. The minimum Gasteiger partial charge on any atom is -0.382 e. The van der Waals surface area contributed by atoms with Gasteiger partial charge in [-0.3, -0.25) is 9.74 Å². The van der Waals surface area contributed by atoms with Crippen LogP contribution >= 0.6 is 0 Å². The fraction of sp³-hybridized carbons (Fsp3) is 0.964. The summed E-state index contributed by atoms with van der Waals surface area (Å²) in [5.41, 5.74) is 4.17. The van der Waals surface area contributed by atoms with Crippen molar-refractivity contribution in [3.63, 3.8) is 0 Å². The van der Waals surface area contributed by atoms with Gasteiger partial charge >= 0.3 is 0 Å². The van der Waals surface area contributed by atoms with E-state index in [1.807, 2.05) is 0 Å². The Morgan fingerprint density at radius 3 is 2.15 bits per heavy atom. The molecule has 0 aromatic rings. The van der Waals surface area contributed by atoms with E-state index in [0.717, 1.165) is 83.5 Å². The highest BCUT2D eigenvalue weighted by atomic mass is 16.7. The monoisotopic (exact) mass is 838 g/mol. The summed E-state index contributed by atoms with van der Waals surface area (Å²) < 4.78 is 0. The van der Waals surface area contributed by atoms with Crippen LogP contribution in [0, 0.1) is 58.7 Å². The molecule has 61 heavy (non-hydrogen) atoms.